The quantitative estimate of drug-likeness (QED) is 0.782. The minimum absolute atomic E-state index is 0.461. The van der Waals surface area contributed by atoms with Gasteiger partial charge in [-0.3, -0.25) is 0 Å². The Labute approximate surface area is 83.6 Å². The van der Waals surface area contributed by atoms with Gasteiger partial charge < -0.3 is 9.67 Å². The first kappa shape index (κ1) is 10.8. The summed E-state index contributed by atoms with van der Waals surface area (Å²) in [5.41, 5.74) is 0. The molecule has 1 rings (SSSR count). The van der Waals surface area contributed by atoms with Crippen molar-refractivity contribution in [3.05, 3.63) is 18.2 Å². The molecule has 1 aromatic heterocycles. The molecule has 4 heteroatoms. The maximum atomic E-state index is 11.0. The molecule has 0 saturated carbocycles. The second kappa shape index (κ2) is 4.79. The highest BCUT2D eigenvalue weighted by molar-refractivity contribution is 5.71. The molecule has 0 spiro atoms. The smallest absolute Gasteiger partial charge is 0.326 e. The number of hydrogen-bond acceptors (Lipinski definition) is 2. The molecule has 0 amide bonds. The van der Waals surface area contributed by atoms with Crippen LogP contribution in [0.15, 0.2) is 12.4 Å². The molecule has 1 aromatic rings. The summed E-state index contributed by atoms with van der Waals surface area (Å²) in [5.74, 6) is 0.0606. The largest absolute Gasteiger partial charge is 0.480 e. The number of carboxylic acids is 1. The van der Waals surface area contributed by atoms with Crippen molar-refractivity contribution in [1.29, 1.82) is 0 Å². The highest BCUT2D eigenvalue weighted by atomic mass is 16.4. The first-order valence-electron chi connectivity index (χ1n) is 4.95. The summed E-state index contributed by atoms with van der Waals surface area (Å²) >= 11 is 0. The lowest BCUT2D eigenvalue weighted by Crippen LogP contribution is -2.20. The monoisotopic (exact) mass is 196 g/mol. The van der Waals surface area contributed by atoms with E-state index in [-0.39, 0.29) is 0 Å². The third kappa shape index (κ3) is 2.13. The lowest BCUT2D eigenvalue weighted by Gasteiger charge is -2.15. The number of hydrogen-bond donors (Lipinski definition) is 1. The molecule has 0 radical (unpaired) electrons. The molecule has 0 bridgehead atoms. The number of imidazole rings is 1. The van der Waals surface area contributed by atoms with E-state index in [4.69, 9.17) is 5.11 Å². The van der Waals surface area contributed by atoms with E-state index in [0.29, 0.717) is 6.42 Å². The average Bonchev–Trinajstić information content (AvgIpc) is 2.61. The van der Waals surface area contributed by atoms with Crippen molar-refractivity contribution in [2.24, 2.45) is 0 Å². The van der Waals surface area contributed by atoms with Crippen LogP contribution in [-0.4, -0.2) is 20.6 Å². The van der Waals surface area contributed by atoms with Crippen molar-refractivity contribution in [3.63, 3.8) is 0 Å². The molecule has 4 nitrogen and oxygen atoms in total. The van der Waals surface area contributed by atoms with Gasteiger partial charge in [0.2, 0.25) is 0 Å². The molecular formula is C10H16N2O2. The summed E-state index contributed by atoms with van der Waals surface area (Å²) < 4.78 is 1.76. The molecule has 14 heavy (non-hydrogen) atoms. The second-order valence-corrected chi connectivity index (χ2v) is 3.25. The molecule has 1 heterocycles. The summed E-state index contributed by atoms with van der Waals surface area (Å²) in [5, 5.41) is 9.05. The van der Waals surface area contributed by atoms with Crippen LogP contribution in [0.25, 0.3) is 0 Å². The lowest BCUT2D eigenvalue weighted by molar-refractivity contribution is -0.141. The Hall–Kier alpha value is -1.32. The Balaban J connectivity index is 2.92. The van der Waals surface area contributed by atoms with Crippen LogP contribution in [0.3, 0.4) is 0 Å². The van der Waals surface area contributed by atoms with E-state index >= 15 is 0 Å². The molecule has 0 saturated heterocycles. The topological polar surface area (TPSA) is 55.1 Å². The highest BCUT2D eigenvalue weighted by Gasteiger charge is 2.19. The fraction of sp³-hybridized carbons (Fsp3) is 0.600. The van der Waals surface area contributed by atoms with Crippen LogP contribution < -0.4 is 0 Å². The molecule has 0 aliphatic carbocycles. The first-order valence-corrected chi connectivity index (χ1v) is 4.95. The van der Waals surface area contributed by atoms with Crippen molar-refractivity contribution < 1.29 is 9.90 Å². The Bertz CT molecular complexity index is 307. The van der Waals surface area contributed by atoms with Crippen LogP contribution in [0.1, 0.15) is 38.6 Å². The predicted molar refractivity (Wildman–Crippen MR) is 53.2 cm³/mol. The van der Waals surface area contributed by atoms with Gasteiger partial charge in [0.15, 0.2) is 0 Å². The van der Waals surface area contributed by atoms with E-state index in [1.54, 1.807) is 17.0 Å². The van der Waals surface area contributed by atoms with E-state index in [2.05, 4.69) is 4.98 Å². The van der Waals surface area contributed by atoms with Crippen LogP contribution in [0.5, 0.6) is 0 Å². The van der Waals surface area contributed by atoms with E-state index < -0.39 is 12.0 Å². The average molecular weight is 196 g/mol. The van der Waals surface area contributed by atoms with E-state index in [0.717, 1.165) is 18.7 Å². The number of aryl methyl sites for hydroxylation is 1. The van der Waals surface area contributed by atoms with Gasteiger partial charge in [-0.1, -0.05) is 20.3 Å². The summed E-state index contributed by atoms with van der Waals surface area (Å²) in [7, 11) is 0. The van der Waals surface area contributed by atoms with E-state index in [1.165, 1.54) is 0 Å². The number of carboxylic acid groups (broad SMARTS) is 1. The van der Waals surface area contributed by atoms with Crippen LogP contribution in [0.2, 0.25) is 0 Å². The summed E-state index contributed by atoms with van der Waals surface area (Å²) in [6, 6.07) is -0.461. The zero-order valence-electron chi connectivity index (χ0n) is 8.60. The van der Waals surface area contributed by atoms with Crippen molar-refractivity contribution in [2.75, 3.05) is 0 Å². The van der Waals surface area contributed by atoms with Crippen LogP contribution in [-0.2, 0) is 11.2 Å². The highest BCUT2D eigenvalue weighted by Crippen LogP contribution is 2.16. The molecule has 1 atom stereocenters. The fourth-order valence-corrected chi connectivity index (χ4v) is 1.56. The predicted octanol–water partition coefficient (Wildman–Crippen LogP) is 1.87. The third-order valence-corrected chi connectivity index (χ3v) is 2.25. The summed E-state index contributed by atoms with van der Waals surface area (Å²) in [6.07, 6.45) is 5.68. The van der Waals surface area contributed by atoms with Crippen LogP contribution >= 0.6 is 0 Å². The zero-order chi connectivity index (χ0) is 10.6. The minimum Gasteiger partial charge on any atom is -0.480 e. The maximum Gasteiger partial charge on any atom is 0.326 e. The van der Waals surface area contributed by atoms with E-state index in [1.807, 2.05) is 13.8 Å². The van der Waals surface area contributed by atoms with Crippen molar-refractivity contribution in [1.82, 2.24) is 9.55 Å². The Morgan fingerprint density at radius 3 is 2.86 bits per heavy atom. The van der Waals surface area contributed by atoms with Gasteiger partial charge in [-0.2, -0.15) is 0 Å². The van der Waals surface area contributed by atoms with Gasteiger partial charge in [-0.05, 0) is 6.42 Å². The standard InChI is InChI=1S/C10H16N2O2/c1-3-5-8(10(13)14)12-7-6-11-9(12)4-2/h6-8H,3-5H2,1-2H3,(H,13,14). The lowest BCUT2D eigenvalue weighted by atomic mass is 10.1. The van der Waals surface area contributed by atoms with Gasteiger partial charge >= 0.3 is 5.97 Å². The molecular weight excluding hydrogens is 180 g/mol. The summed E-state index contributed by atoms with van der Waals surface area (Å²) in [6.45, 7) is 3.96. The molecule has 0 fully saturated rings. The zero-order valence-corrected chi connectivity index (χ0v) is 8.60. The second-order valence-electron chi connectivity index (χ2n) is 3.25. The number of rotatable bonds is 5. The van der Waals surface area contributed by atoms with Crippen LogP contribution in [0.4, 0.5) is 0 Å². The van der Waals surface area contributed by atoms with Crippen LogP contribution in [0, 0.1) is 0 Å². The van der Waals surface area contributed by atoms with Gasteiger partial charge in [0.1, 0.15) is 11.9 Å². The van der Waals surface area contributed by atoms with Gasteiger partial charge in [-0.25, -0.2) is 9.78 Å². The Morgan fingerprint density at radius 1 is 1.64 bits per heavy atom. The summed E-state index contributed by atoms with van der Waals surface area (Å²) in [4.78, 5) is 15.1. The Kier molecular flexibility index (Phi) is 3.68. The number of aliphatic carboxylic acids is 1. The van der Waals surface area contributed by atoms with Gasteiger partial charge in [0.25, 0.3) is 0 Å². The van der Waals surface area contributed by atoms with Gasteiger partial charge in [-0.15, -0.1) is 0 Å². The number of carbonyl (C=O) groups is 1. The molecule has 0 aliphatic heterocycles. The maximum absolute atomic E-state index is 11.0. The third-order valence-electron chi connectivity index (χ3n) is 2.25. The number of nitrogens with zero attached hydrogens (tertiary/aromatic N) is 2. The normalized spacial score (nSPS) is 12.7. The SMILES string of the molecule is CCCC(C(=O)O)n1ccnc1CC. The van der Waals surface area contributed by atoms with Crippen molar-refractivity contribution in [2.45, 2.75) is 39.2 Å². The van der Waals surface area contributed by atoms with Gasteiger partial charge in [0.05, 0.1) is 0 Å². The van der Waals surface area contributed by atoms with E-state index in [9.17, 15) is 4.79 Å². The molecule has 0 aromatic carbocycles. The Morgan fingerprint density at radius 2 is 2.36 bits per heavy atom. The molecule has 1 N–H and O–H groups in total. The fourth-order valence-electron chi connectivity index (χ4n) is 1.56. The van der Waals surface area contributed by atoms with Crippen molar-refractivity contribution >= 4 is 5.97 Å². The van der Waals surface area contributed by atoms with Gasteiger partial charge in [0, 0.05) is 18.8 Å². The molecule has 78 valence electrons. The molecule has 1 unspecified atom stereocenters. The number of aromatic nitrogens is 2. The first-order chi connectivity index (χ1) is 6.70. The minimum atomic E-state index is -0.778. The molecule has 0 aliphatic rings. The van der Waals surface area contributed by atoms with Crippen molar-refractivity contribution in [3.8, 4) is 0 Å².